The number of nitrogens with zero attached hydrogens (tertiary/aromatic N) is 2. The molecule has 0 radical (unpaired) electrons. The van der Waals surface area contributed by atoms with Crippen LogP contribution in [0.25, 0.3) is 11.3 Å². The number of carboxylic acid groups (broad SMARTS) is 1. The van der Waals surface area contributed by atoms with Crippen LogP contribution in [-0.4, -0.2) is 27.6 Å². The van der Waals surface area contributed by atoms with Gasteiger partial charge in [0.1, 0.15) is 12.1 Å². The Labute approximate surface area is 104 Å². The molecule has 2 aromatic rings. The number of aliphatic carboxylic acids is 1. The van der Waals surface area contributed by atoms with E-state index in [9.17, 15) is 4.79 Å². The lowest BCUT2D eigenvalue weighted by molar-refractivity contribution is -0.137. The van der Waals surface area contributed by atoms with Crippen LogP contribution < -0.4 is 5.32 Å². The van der Waals surface area contributed by atoms with Crippen LogP contribution in [0, 0.1) is 0 Å². The number of hydrogen-bond acceptors (Lipinski definition) is 5. The van der Waals surface area contributed by atoms with Crippen molar-refractivity contribution in [1.29, 1.82) is 0 Å². The molecule has 0 aliphatic heterocycles. The largest absolute Gasteiger partial charge is 0.481 e. The molecule has 0 aliphatic carbocycles. The van der Waals surface area contributed by atoms with E-state index in [4.69, 9.17) is 9.52 Å². The molecule has 2 aromatic heterocycles. The topological polar surface area (TPSA) is 88.2 Å². The van der Waals surface area contributed by atoms with E-state index in [1.54, 1.807) is 18.6 Å². The van der Waals surface area contributed by atoms with Crippen LogP contribution in [0.15, 0.2) is 35.4 Å². The Balaban J connectivity index is 1.94. The van der Waals surface area contributed by atoms with E-state index in [1.807, 2.05) is 6.07 Å². The minimum Gasteiger partial charge on any atom is -0.481 e. The zero-order chi connectivity index (χ0) is 12.8. The molecule has 0 saturated carbocycles. The van der Waals surface area contributed by atoms with E-state index >= 15 is 0 Å². The maximum atomic E-state index is 10.4. The van der Waals surface area contributed by atoms with E-state index < -0.39 is 5.97 Å². The predicted octanol–water partition coefficient (Wildman–Crippen LogP) is 2.01. The van der Waals surface area contributed by atoms with Crippen molar-refractivity contribution < 1.29 is 14.3 Å². The molecule has 0 saturated heterocycles. The molecule has 0 atom stereocenters. The summed E-state index contributed by atoms with van der Waals surface area (Å²) in [5, 5.41) is 11.6. The zero-order valence-electron chi connectivity index (χ0n) is 9.67. The third-order valence-corrected chi connectivity index (χ3v) is 2.36. The molecular formula is C12H13N3O3. The van der Waals surface area contributed by atoms with Gasteiger partial charge in [-0.1, -0.05) is 0 Å². The number of furan rings is 1. The molecule has 94 valence electrons. The lowest BCUT2D eigenvalue weighted by Crippen LogP contribution is -2.06. The fourth-order valence-corrected chi connectivity index (χ4v) is 1.48. The average molecular weight is 247 g/mol. The molecule has 0 fully saturated rings. The van der Waals surface area contributed by atoms with Gasteiger partial charge >= 0.3 is 5.97 Å². The van der Waals surface area contributed by atoms with Crippen LogP contribution in [0.1, 0.15) is 12.8 Å². The highest BCUT2D eigenvalue weighted by molar-refractivity contribution is 5.66. The SMILES string of the molecule is O=C(O)CCCNc1cc(-c2ccoc2)ncn1. The van der Waals surface area contributed by atoms with Crippen molar-refractivity contribution >= 4 is 11.8 Å². The highest BCUT2D eigenvalue weighted by Crippen LogP contribution is 2.18. The Morgan fingerprint density at radius 2 is 2.33 bits per heavy atom. The fourth-order valence-electron chi connectivity index (χ4n) is 1.48. The molecule has 0 unspecified atom stereocenters. The Bertz CT molecular complexity index is 511. The molecule has 6 nitrogen and oxygen atoms in total. The summed E-state index contributed by atoms with van der Waals surface area (Å²) in [4.78, 5) is 18.6. The maximum absolute atomic E-state index is 10.4. The van der Waals surface area contributed by atoms with Crippen LogP contribution in [0.4, 0.5) is 5.82 Å². The van der Waals surface area contributed by atoms with Crippen molar-refractivity contribution in [3.8, 4) is 11.3 Å². The van der Waals surface area contributed by atoms with Crippen molar-refractivity contribution in [2.75, 3.05) is 11.9 Å². The Morgan fingerprint density at radius 1 is 1.44 bits per heavy atom. The molecule has 0 aromatic carbocycles. The van der Waals surface area contributed by atoms with Gasteiger partial charge in [-0.2, -0.15) is 0 Å². The normalized spacial score (nSPS) is 10.2. The molecule has 18 heavy (non-hydrogen) atoms. The quantitative estimate of drug-likeness (QED) is 0.759. The van der Waals surface area contributed by atoms with E-state index in [1.165, 1.54) is 6.33 Å². The standard InChI is InChI=1S/C12H13N3O3/c16-12(17)2-1-4-13-11-6-10(14-8-15-11)9-3-5-18-7-9/h3,5-8H,1-2,4H2,(H,16,17)(H,13,14,15). The first-order chi connectivity index (χ1) is 8.75. The minimum atomic E-state index is -0.793. The second-order valence-corrected chi connectivity index (χ2v) is 3.72. The monoisotopic (exact) mass is 247 g/mol. The van der Waals surface area contributed by atoms with Gasteiger partial charge in [0, 0.05) is 24.6 Å². The average Bonchev–Trinajstić information content (AvgIpc) is 2.89. The molecule has 2 heterocycles. The Hall–Kier alpha value is -2.37. The second-order valence-electron chi connectivity index (χ2n) is 3.72. The summed E-state index contributed by atoms with van der Waals surface area (Å²) in [5.74, 6) is -0.120. The van der Waals surface area contributed by atoms with E-state index in [2.05, 4.69) is 15.3 Å². The van der Waals surface area contributed by atoms with E-state index in [-0.39, 0.29) is 6.42 Å². The maximum Gasteiger partial charge on any atom is 0.303 e. The van der Waals surface area contributed by atoms with Crippen LogP contribution in [-0.2, 0) is 4.79 Å². The van der Waals surface area contributed by atoms with Gasteiger partial charge in [0.2, 0.25) is 0 Å². The van der Waals surface area contributed by atoms with Crippen molar-refractivity contribution in [3.63, 3.8) is 0 Å². The Kier molecular flexibility index (Phi) is 3.90. The minimum absolute atomic E-state index is 0.146. The van der Waals surface area contributed by atoms with Gasteiger partial charge in [-0.05, 0) is 12.5 Å². The van der Waals surface area contributed by atoms with Crippen LogP contribution >= 0.6 is 0 Å². The number of rotatable bonds is 6. The number of carbonyl (C=O) groups is 1. The molecule has 0 aliphatic rings. The summed E-state index contributed by atoms with van der Waals surface area (Å²) in [6.45, 7) is 0.564. The number of aromatic nitrogens is 2. The number of carboxylic acids is 1. The molecule has 2 N–H and O–H groups in total. The second kappa shape index (κ2) is 5.81. The highest BCUT2D eigenvalue weighted by atomic mass is 16.4. The van der Waals surface area contributed by atoms with Gasteiger partial charge in [0.05, 0.1) is 18.2 Å². The number of hydrogen-bond donors (Lipinski definition) is 2. The summed E-state index contributed by atoms with van der Waals surface area (Å²) in [6.07, 6.45) is 5.35. The highest BCUT2D eigenvalue weighted by Gasteiger charge is 2.03. The van der Waals surface area contributed by atoms with Gasteiger partial charge in [-0.25, -0.2) is 9.97 Å². The number of anilines is 1. The first-order valence-corrected chi connectivity index (χ1v) is 5.56. The van der Waals surface area contributed by atoms with Gasteiger partial charge in [-0.3, -0.25) is 4.79 Å². The van der Waals surface area contributed by atoms with E-state index in [0.717, 1.165) is 11.3 Å². The van der Waals surface area contributed by atoms with Gasteiger partial charge < -0.3 is 14.8 Å². The summed E-state index contributed by atoms with van der Waals surface area (Å²) in [5.41, 5.74) is 1.64. The van der Waals surface area contributed by atoms with Crippen LogP contribution in [0.5, 0.6) is 0 Å². The van der Waals surface area contributed by atoms with E-state index in [0.29, 0.717) is 18.8 Å². The van der Waals surface area contributed by atoms with Gasteiger partial charge in [0.15, 0.2) is 0 Å². The van der Waals surface area contributed by atoms with Crippen LogP contribution in [0.2, 0.25) is 0 Å². The predicted molar refractivity (Wildman–Crippen MR) is 65.1 cm³/mol. The fraction of sp³-hybridized carbons (Fsp3) is 0.250. The lowest BCUT2D eigenvalue weighted by atomic mass is 10.2. The summed E-state index contributed by atoms with van der Waals surface area (Å²) in [6, 6.07) is 3.61. The summed E-state index contributed by atoms with van der Waals surface area (Å²) < 4.78 is 4.99. The third kappa shape index (κ3) is 3.31. The van der Waals surface area contributed by atoms with Gasteiger partial charge in [0.25, 0.3) is 0 Å². The molecule has 6 heteroatoms. The molecule has 0 bridgehead atoms. The lowest BCUT2D eigenvalue weighted by Gasteiger charge is -2.05. The summed E-state index contributed by atoms with van der Waals surface area (Å²) >= 11 is 0. The third-order valence-electron chi connectivity index (χ3n) is 2.36. The molecule has 2 rings (SSSR count). The first-order valence-electron chi connectivity index (χ1n) is 5.56. The molecular weight excluding hydrogens is 234 g/mol. The summed E-state index contributed by atoms with van der Waals surface area (Å²) in [7, 11) is 0. The molecule has 0 amide bonds. The van der Waals surface area contributed by atoms with Crippen molar-refractivity contribution in [1.82, 2.24) is 9.97 Å². The number of nitrogens with one attached hydrogen (secondary N) is 1. The van der Waals surface area contributed by atoms with Crippen LogP contribution in [0.3, 0.4) is 0 Å². The van der Waals surface area contributed by atoms with Crippen molar-refractivity contribution in [2.24, 2.45) is 0 Å². The van der Waals surface area contributed by atoms with Crippen molar-refractivity contribution in [3.05, 3.63) is 31.0 Å². The Morgan fingerprint density at radius 3 is 3.06 bits per heavy atom. The van der Waals surface area contributed by atoms with Gasteiger partial charge in [-0.15, -0.1) is 0 Å². The van der Waals surface area contributed by atoms with Crippen molar-refractivity contribution in [2.45, 2.75) is 12.8 Å². The zero-order valence-corrected chi connectivity index (χ0v) is 9.67. The molecule has 0 spiro atoms. The first kappa shape index (κ1) is 12.1. The smallest absolute Gasteiger partial charge is 0.303 e.